The molecule has 1 aromatic heterocycles. The summed E-state index contributed by atoms with van der Waals surface area (Å²) < 4.78 is 13.2. The minimum Gasteiger partial charge on any atom is -0.479 e. The molecule has 0 aliphatic heterocycles. The second-order valence-electron chi connectivity index (χ2n) is 7.15. The SMILES string of the molecule is Cc1nn(C)c(Oc2cc(O[C@@H](C)C(=O)O)c(/C=N/OCc3ccccc3)cc2Cl)c1C. The Morgan fingerprint density at radius 3 is 2.59 bits per heavy atom. The minimum absolute atomic E-state index is 0.239. The number of oxime groups is 1. The summed E-state index contributed by atoms with van der Waals surface area (Å²) in [4.78, 5) is 16.7. The molecule has 0 amide bonds. The lowest BCUT2D eigenvalue weighted by Crippen LogP contribution is -2.23. The van der Waals surface area contributed by atoms with Crippen LogP contribution in [0.25, 0.3) is 0 Å². The Labute approximate surface area is 191 Å². The van der Waals surface area contributed by atoms with Crippen molar-refractivity contribution in [2.75, 3.05) is 0 Å². The normalized spacial score (nSPS) is 12.0. The molecule has 1 heterocycles. The Morgan fingerprint density at radius 1 is 1.25 bits per heavy atom. The van der Waals surface area contributed by atoms with Gasteiger partial charge in [0.2, 0.25) is 5.88 Å². The first kappa shape index (κ1) is 23.1. The van der Waals surface area contributed by atoms with Crippen molar-refractivity contribution in [2.24, 2.45) is 12.2 Å². The molecule has 0 aliphatic rings. The van der Waals surface area contributed by atoms with E-state index in [-0.39, 0.29) is 12.4 Å². The number of aliphatic carboxylic acids is 1. The van der Waals surface area contributed by atoms with Crippen molar-refractivity contribution in [3.8, 4) is 17.4 Å². The molecular weight excluding hydrogens is 434 g/mol. The molecule has 3 rings (SSSR count). The quantitative estimate of drug-likeness (QED) is 0.363. The number of aromatic nitrogens is 2. The Hall–Kier alpha value is -3.52. The average Bonchev–Trinajstić information content (AvgIpc) is 3.00. The number of carbonyl (C=O) groups is 1. The maximum absolute atomic E-state index is 11.3. The van der Waals surface area contributed by atoms with Crippen LogP contribution in [0.3, 0.4) is 0 Å². The van der Waals surface area contributed by atoms with Gasteiger partial charge in [-0.25, -0.2) is 9.48 Å². The molecule has 9 heteroatoms. The van der Waals surface area contributed by atoms with Gasteiger partial charge in [0.15, 0.2) is 11.9 Å². The van der Waals surface area contributed by atoms with Crippen LogP contribution in [-0.2, 0) is 23.3 Å². The zero-order valence-corrected chi connectivity index (χ0v) is 19.0. The highest BCUT2D eigenvalue weighted by molar-refractivity contribution is 6.32. The molecule has 0 fully saturated rings. The first-order valence-electron chi connectivity index (χ1n) is 9.86. The zero-order chi connectivity index (χ0) is 23.3. The van der Waals surface area contributed by atoms with Crippen molar-refractivity contribution in [3.63, 3.8) is 0 Å². The van der Waals surface area contributed by atoms with E-state index in [2.05, 4.69) is 10.3 Å². The van der Waals surface area contributed by atoms with Gasteiger partial charge >= 0.3 is 5.97 Å². The smallest absolute Gasteiger partial charge is 0.344 e. The van der Waals surface area contributed by atoms with Gasteiger partial charge in [-0.3, -0.25) is 0 Å². The number of nitrogens with zero attached hydrogens (tertiary/aromatic N) is 3. The van der Waals surface area contributed by atoms with Crippen molar-refractivity contribution in [1.82, 2.24) is 9.78 Å². The molecule has 0 bridgehead atoms. The molecule has 168 valence electrons. The van der Waals surface area contributed by atoms with Gasteiger partial charge < -0.3 is 19.4 Å². The number of benzene rings is 2. The standard InChI is InChI=1S/C23H24ClN3O5/c1-14-15(2)26-27(4)22(14)32-21-11-20(31-16(3)23(28)29)18(10-19(21)24)12-25-30-13-17-8-6-5-7-9-17/h5-12,16H,13H2,1-4H3,(H,28,29)/b25-12+/t16-/m0/s1. The second kappa shape index (κ2) is 10.2. The molecule has 32 heavy (non-hydrogen) atoms. The van der Waals surface area contributed by atoms with E-state index in [0.29, 0.717) is 22.2 Å². The summed E-state index contributed by atoms with van der Waals surface area (Å²) in [5.41, 5.74) is 3.10. The summed E-state index contributed by atoms with van der Waals surface area (Å²) in [5.74, 6) is -0.0476. The third kappa shape index (κ3) is 5.59. The van der Waals surface area contributed by atoms with Gasteiger partial charge in [0.1, 0.15) is 12.4 Å². The molecule has 0 spiro atoms. The number of aryl methyl sites for hydroxylation is 2. The molecule has 8 nitrogen and oxygen atoms in total. The maximum Gasteiger partial charge on any atom is 0.344 e. The lowest BCUT2D eigenvalue weighted by molar-refractivity contribution is -0.144. The van der Waals surface area contributed by atoms with Crippen LogP contribution in [0.4, 0.5) is 0 Å². The summed E-state index contributed by atoms with van der Waals surface area (Å²) in [7, 11) is 1.76. The highest BCUT2D eigenvalue weighted by atomic mass is 35.5. The van der Waals surface area contributed by atoms with Crippen LogP contribution in [0.1, 0.15) is 29.3 Å². The number of hydrogen-bond acceptors (Lipinski definition) is 6. The van der Waals surface area contributed by atoms with E-state index in [0.717, 1.165) is 16.8 Å². The van der Waals surface area contributed by atoms with Gasteiger partial charge in [-0.05, 0) is 32.4 Å². The minimum atomic E-state index is -1.11. The number of carboxylic acid groups (broad SMARTS) is 1. The van der Waals surface area contributed by atoms with Crippen molar-refractivity contribution < 1.29 is 24.2 Å². The fraction of sp³-hybridized carbons (Fsp3) is 0.261. The third-order valence-corrected chi connectivity index (χ3v) is 5.02. The molecule has 3 aromatic rings. The largest absolute Gasteiger partial charge is 0.479 e. The van der Waals surface area contributed by atoms with Crippen molar-refractivity contribution in [3.05, 3.63) is 69.9 Å². The fourth-order valence-electron chi connectivity index (χ4n) is 2.84. The monoisotopic (exact) mass is 457 g/mol. The Morgan fingerprint density at radius 2 is 1.97 bits per heavy atom. The van der Waals surface area contributed by atoms with Crippen LogP contribution in [0, 0.1) is 13.8 Å². The van der Waals surface area contributed by atoms with E-state index in [9.17, 15) is 9.90 Å². The predicted molar refractivity (Wildman–Crippen MR) is 121 cm³/mol. The number of rotatable bonds is 9. The Kier molecular flexibility index (Phi) is 7.37. The highest BCUT2D eigenvalue weighted by Gasteiger charge is 2.19. The molecule has 1 atom stereocenters. The van der Waals surface area contributed by atoms with Gasteiger partial charge in [-0.2, -0.15) is 5.10 Å². The van der Waals surface area contributed by atoms with Crippen LogP contribution in [0.5, 0.6) is 17.4 Å². The number of halogens is 1. The van der Waals surface area contributed by atoms with Crippen molar-refractivity contribution >= 4 is 23.8 Å². The molecule has 0 saturated heterocycles. The topological polar surface area (TPSA) is 95.2 Å². The van der Waals surface area contributed by atoms with Gasteiger partial charge in [0, 0.05) is 24.2 Å². The van der Waals surface area contributed by atoms with E-state index >= 15 is 0 Å². The zero-order valence-electron chi connectivity index (χ0n) is 18.2. The second-order valence-corrected chi connectivity index (χ2v) is 7.56. The molecule has 0 saturated carbocycles. The average molecular weight is 458 g/mol. The van der Waals surface area contributed by atoms with Crippen LogP contribution in [0.2, 0.25) is 5.02 Å². The summed E-state index contributed by atoms with van der Waals surface area (Å²) in [6.07, 6.45) is 0.323. The highest BCUT2D eigenvalue weighted by Crippen LogP contribution is 2.37. The lowest BCUT2D eigenvalue weighted by atomic mass is 10.2. The number of ether oxygens (including phenoxy) is 2. The molecule has 1 N–H and O–H groups in total. The van der Waals surface area contributed by atoms with E-state index in [1.807, 2.05) is 44.2 Å². The Bertz CT molecular complexity index is 1130. The van der Waals surface area contributed by atoms with Crippen molar-refractivity contribution in [2.45, 2.75) is 33.5 Å². The first-order chi connectivity index (χ1) is 15.3. The molecule has 0 unspecified atom stereocenters. The third-order valence-electron chi connectivity index (χ3n) is 4.72. The number of carboxylic acids is 1. The van der Waals surface area contributed by atoms with E-state index in [1.165, 1.54) is 19.2 Å². The van der Waals surface area contributed by atoms with E-state index < -0.39 is 12.1 Å². The summed E-state index contributed by atoms with van der Waals surface area (Å²) >= 11 is 6.44. The van der Waals surface area contributed by atoms with E-state index in [1.54, 1.807) is 17.8 Å². The van der Waals surface area contributed by atoms with Crippen LogP contribution < -0.4 is 9.47 Å². The fourth-order valence-corrected chi connectivity index (χ4v) is 3.05. The molecular formula is C23H24ClN3O5. The van der Waals surface area contributed by atoms with Crippen molar-refractivity contribution in [1.29, 1.82) is 0 Å². The van der Waals surface area contributed by atoms with E-state index in [4.69, 9.17) is 25.9 Å². The molecule has 2 aromatic carbocycles. The van der Waals surface area contributed by atoms with Crippen LogP contribution >= 0.6 is 11.6 Å². The first-order valence-corrected chi connectivity index (χ1v) is 10.2. The van der Waals surface area contributed by atoms with Gasteiger partial charge in [-0.15, -0.1) is 0 Å². The molecule has 0 aliphatic carbocycles. The molecule has 0 radical (unpaired) electrons. The van der Waals surface area contributed by atoms with Crippen LogP contribution in [0.15, 0.2) is 47.6 Å². The number of hydrogen-bond donors (Lipinski definition) is 1. The van der Waals surface area contributed by atoms with Gasteiger partial charge in [0.25, 0.3) is 0 Å². The summed E-state index contributed by atoms with van der Waals surface area (Å²) in [6, 6.07) is 12.7. The summed E-state index contributed by atoms with van der Waals surface area (Å²) in [6.45, 7) is 5.48. The predicted octanol–water partition coefficient (Wildman–Crippen LogP) is 4.89. The van der Waals surface area contributed by atoms with Crippen LogP contribution in [-0.4, -0.2) is 33.2 Å². The van der Waals surface area contributed by atoms with Gasteiger partial charge in [0.05, 0.1) is 16.9 Å². The Balaban J connectivity index is 1.87. The van der Waals surface area contributed by atoms with Gasteiger partial charge in [-0.1, -0.05) is 47.1 Å². The summed E-state index contributed by atoms with van der Waals surface area (Å²) in [5, 5.41) is 17.8. The maximum atomic E-state index is 11.3. The lowest BCUT2D eigenvalue weighted by Gasteiger charge is -2.16.